The molecule has 1 fully saturated rings. The molecule has 112 valence electrons. The maximum atomic E-state index is 4.66. The van der Waals surface area contributed by atoms with E-state index in [1.165, 1.54) is 30.5 Å². The summed E-state index contributed by atoms with van der Waals surface area (Å²) >= 11 is 0. The van der Waals surface area contributed by atoms with E-state index < -0.39 is 0 Å². The van der Waals surface area contributed by atoms with E-state index in [0.29, 0.717) is 0 Å². The first-order valence-electron chi connectivity index (χ1n) is 8.10. The van der Waals surface area contributed by atoms with E-state index in [0.717, 1.165) is 36.8 Å². The third kappa shape index (κ3) is 3.18. The minimum absolute atomic E-state index is 0.755. The van der Waals surface area contributed by atoms with Crippen LogP contribution < -0.4 is 10.2 Å². The lowest BCUT2D eigenvalue weighted by atomic mass is 9.98. The van der Waals surface area contributed by atoms with E-state index in [4.69, 9.17) is 0 Å². The van der Waals surface area contributed by atoms with Crippen molar-refractivity contribution >= 4 is 16.6 Å². The molecule has 0 saturated carbocycles. The number of rotatable bonds is 4. The zero-order chi connectivity index (χ0) is 14.7. The molecule has 0 aliphatic carbocycles. The Balaban J connectivity index is 1.92. The number of piperidine rings is 1. The van der Waals surface area contributed by atoms with E-state index in [-0.39, 0.29) is 0 Å². The van der Waals surface area contributed by atoms with Crippen LogP contribution in [0.5, 0.6) is 0 Å². The first-order valence-corrected chi connectivity index (χ1v) is 8.10. The lowest BCUT2D eigenvalue weighted by Crippen LogP contribution is -2.38. The second-order valence-corrected chi connectivity index (χ2v) is 6.05. The largest absolute Gasteiger partial charge is 0.371 e. The fourth-order valence-corrected chi connectivity index (χ4v) is 3.34. The van der Waals surface area contributed by atoms with Gasteiger partial charge in [-0.3, -0.25) is 4.98 Å². The zero-order valence-electron chi connectivity index (χ0n) is 13.1. The van der Waals surface area contributed by atoms with Crippen molar-refractivity contribution in [2.45, 2.75) is 26.7 Å². The Hall–Kier alpha value is -1.61. The van der Waals surface area contributed by atoms with E-state index in [9.17, 15) is 0 Å². The van der Waals surface area contributed by atoms with Crippen LogP contribution in [0.1, 0.15) is 25.5 Å². The number of nitrogens with one attached hydrogen (secondary N) is 1. The van der Waals surface area contributed by atoms with Gasteiger partial charge >= 0.3 is 0 Å². The Morgan fingerprint density at radius 2 is 2.19 bits per heavy atom. The molecule has 2 heterocycles. The second kappa shape index (κ2) is 6.44. The summed E-state index contributed by atoms with van der Waals surface area (Å²) in [5.41, 5.74) is 3.54. The number of nitrogens with zero attached hydrogens (tertiary/aromatic N) is 2. The molecule has 1 atom stereocenters. The third-order valence-corrected chi connectivity index (χ3v) is 4.42. The molecular formula is C18H25N3. The van der Waals surface area contributed by atoms with E-state index in [2.05, 4.69) is 59.4 Å². The number of anilines is 1. The second-order valence-electron chi connectivity index (χ2n) is 6.05. The molecule has 2 aromatic rings. The molecule has 1 aliphatic rings. The predicted octanol–water partition coefficient (Wildman–Crippen LogP) is 3.37. The van der Waals surface area contributed by atoms with E-state index in [1.54, 1.807) is 0 Å². The molecule has 1 aromatic carbocycles. The molecule has 3 rings (SSSR count). The quantitative estimate of drug-likeness (QED) is 0.932. The molecular weight excluding hydrogens is 258 g/mol. The van der Waals surface area contributed by atoms with Gasteiger partial charge in [-0.15, -0.1) is 0 Å². The average molecular weight is 283 g/mol. The van der Waals surface area contributed by atoms with Gasteiger partial charge in [0.05, 0.1) is 5.52 Å². The van der Waals surface area contributed by atoms with Gasteiger partial charge in [-0.25, -0.2) is 0 Å². The molecule has 0 spiro atoms. The Morgan fingerprint density at radius 1 is 1.33 bits per heavy atom. The number of para-hydroxylation sites is 1. The average Bonchev–Trinajstić information content (AvgIpc) is 2.53. The highest BCUT2D eigenvalue weighted by Gasteiger charge is 2.18. The maximum absolute atomic E-state index is 4.66. The molecule has 0 bridgehead atoms. The van der Waals surface area contributed by atoms with Gasteiger partial charge in [-0.05, 0) is 57.8 Å². The topological polar surface area (TPSA) is 28.2 Å². The van der Waals surface area contributed by atoms with Crippen LogP contribution in [0.25, 0.3) is 10.9 Å². The van der Waals surface area contributed by atoms with E-state index in [1.807, 2.05) is 0 Å². The molecule has 1 saturated heterocycles. The van der Waals surface area contributed by atoms with Crippen LogP contribution in [0.2, 0.25) is 0 Å². The van der Waals surface area contributed by atoms with Crippen LogP contribution in [-0.2, 0) is 0 Å². The third-order valence-electron chi connectivity index (χ3n) is 4.42. The minimum atomic E-state index is 0.755. The fourth-order valence-electron chi connectivity index (χ4n) is 3.34. The number of benzene rings is 1. The normalized spacial score (nSPS) is 18.9. The van der Waals surface area contributed by atoms with Gasteiger partial charge < -0.3 is 10.2 Å². The van der Waals surface area contributed by atoms with Crippen LogP contribution in [0.4, 0.5) is 5.69 Å². The molecule has 1 aromatic heterocycles. The van der Waals surface area contributed by atoms with Crippen molar-refractivity contribution < 1.29 is 0 Å². The summed E-state index contributed by atoms with van der Waals surface area (Å²) in [7, 11) is 0. The van der Waals surface area contributed by atoms with Gasteiger partial charge in [-0.2, -0.15) is 0 Å². The Labute approximate surface area is 127 Å². The van der Waals surface area contributed by atoms with Gasteiger partial charge in [0.25, 0.3) is 0 Å². The Kier molecular flexibility index (Phi) is 4.39. The molecule has 0 amide bonds. The lowest BCUT2D eigenvalue weighted by molar-refractivity contribution is 0.378. The van der Waals surface area contributed by atoms with Crippen LogP contribution in [-0.4, -0.2) is 31.2 Å². The van der Waals surface area contributed by atoms with E-state index >= 15 is 0 Å². The molecule has 1 aliphatic heterocycles. The Morgan fingerprint density at radius 3 is 2.95 bits per heavy atom. The Bertz CT molecular complexity index is 602. The molecule has 0 radical (unpaired) electrons. The zero-order valence-corrected chi connectivity index (χ0v) is 13.1. The highest BCUT2D eigenvalue weighted by Crippen LogP contribution is 2.28. The highest BCUT2D eigenvalue weighted by molar-refractivity contribution is 5.91. The van der Waals surface area contributed by atoms with Crippen LogP contribution in [0.3, 0.4) is 0 Å². The standard InChI is InChI=1S/C18H25N3/c1-3-21(13-15-7-6-10-19-12-15)18-11-14(2)20-17-9-5-4-8-16(17)18/h4-5,8-9,11,15,19H,3,6-7,10,12-13H2,1-2H3. The summed E-state index contributed by atoms with van der Waals surface area (Å²) in [5.74, 6) is 0.755. The number of aryl methyl sites for hydroxylation is 1. The molecule has 3 nitrogen and oxygen atoms in total. The maximum Gasteiger partial charge on any atom is 0.0726 e. The van der Waals surface area contributed by atoms with Crippen LogP contribution in [0, 0.1) is 12.8 Å². The van der Waals surface area contributed by atoms with Gasteiger partial charge in [0.2, 0.25) is 0 Å². The van der Waals surface area contributed by atoms with Crippen molar-refractivity contribution in [1.82, 2.24) is 10.3 Å². The summed E-state index contributed by atoms with van der Waals surface area (Å²) in [6.07, 6.45) is 2.64. The first kappa shape index (κ1) is 14.3. The predicted molar refractivity (Wildman–Crippen MR) is 90.0 cm³/mol. The monoisotopic (exact) mass is 283 g/mol. The minimum Gasteiger partial charge on any atom is -0.371 e. The number of pyridine rings is 1. The summed E-state index contributed by atoms with van der Waals surface area (Å²) < 4.78 is 0. The summed E-state index contributed by atoms with van der Waals surface area (Å²) in [4.78, 5) is 7.18. The number of hydrogen-bond acceptors (Lipinski definition) is 3. The van der Waals surface area contributed by atoms with Gasteiger partial charge in [0.15, 0.2) is 0 Å². The van der Waals surface area contributed by atoms with Gasteiger partial charge in [0, 0.05) is 29.9 Å². The molecule has 1 N–H and O–H groups in total. The number of hydrogen-bond donors (Lipinski definition) is 1. The van der Waals surface area contributed by atoms with Crippen molar-refractivity contribution in [1.29, 1.82) is 0 Å². The summed E-state index contributed by atoms with van der Waals surface area (Å²) in [6, 6.07) is 10.7. The van der Waals surface area contributed by atoms with Gasteiger partial charge in [0.1, 0.15) is 0 Å². The number of fused-ring (bicyclic) bond motifs is 1. The van der Waals surface area contributed by atoms with Crippen LogP contribution >= 0.6 is 0 Å². The van der Waals surface area contributed by atoms with Crippen molar-refractivity contribution in [3.05, 3.63) is 36.0 Å². The van der Waals surface area contributed by atoms with Crippen molar-refractivity contribution in [2.24, 2.45) is 5.92 Å². The smallest absolute Gasteiger partial charge is 0.0726 e. The fraction of sp³-hybridized carbons (Fsp3) is 0.500. The van der Waals surface area contributed by atoms with Crippen molar-refractivity contribution in [2.75, 3.05) is 31.1 Å². The van der Waals surface area contributed by atoms with Gasteiger partial charge in [-0.1, -0.05) is 18.2 Å². The van der Waals surface area contributed by atoms with Crippen molar-refractivity contribution in [3.63, 3.8) is 0 Å². The SMILES string of the molecule is CCN(CC1CCCNC1)c1cc(C)nc2ccccc12. The summed E-state index contributed by atoms with van der Waals surface area (Å²) in [5, 5.41) is 4.80. The molecule has 21 heavy (non-hydrogen) atoms. The van der Waals surface area contributed by atoms with Crippen LogP contribution in [0.15, 0.2) is 30.3 Å². The summed E-state index contributed by atoms with van der Waals surface area (Å²) in [6.45, 7) is 8.85. The highest BCUT2D eigenvalue weighted by atomic mass is 15.1. The molecule has 1 unspecified atom stereocenters. The lowest BCUT2D eigenvalue weighted by Gasteiger charge is -2.31. The first-order chi connectivity index (χ1) is 10.3. The number of aromatic nitrogens is 1. The van der Waals surface area contributed by atoms with Crippen molar-refractivity contribution in [3.8, 4) is 0 Å². The molecule has 3 heteroatoms.